The molecule has 2 aromatic heterocycles. The van der Waals surface area contributed by atoms with Crippen molar-refractivity contribution in [1.82, 2.24) is 19.1 Å². The molecule has 1 saturated carbocycles. The van der Waals surface area contributed by atoms with Crippen molar-refractivity contribution in [2.45, 2.75) is 25.4 Å². The van der Waals surface area contributed by atoms with Gasteiger partial charge in [-0.25, -0.2) is 14.8 Å². The van der Waals surface area contributed by atoms with Crippen molar-refractivity contribution in [2.75, 3.05) is 0 Å². The van der Waals surface area contributed by atoms with Crippen LogP contribution in [0.25, 0.3) is 0 Å². The summed E-state index contributed by atoms with van der Waals surface area (Å²) in [5, 5.41) is 0. The van der Waals surface area contributed by atoms with E-state index in [1.165, 1.54) is 19.0 Å². The highest BCUT2D eigenvalue weighted by atomic mass is 16.1. The molecule has 2 heterocycles. The van der Waals surface area contributed by atoms with E-state index in [1.54, 1.807) is 16.8 Å². The van der Waals surface area contributed by atoms with Crippen molar-refractivity contribution < 1.29 is 0 Å². The fourth-order valence-electron chi connectivity index (χ4n) is 1.82. The van der Waals surface area contributed by atoms with Crippen LogP contribution in [0.2, 0.25) is 0 Å². The minimum absolute atomic E-state index is 0.217. The predicted molar refractivity (Wildman–Crippen MR) is 58.1 cm³/mol. The molecular weight excluding hydrogens is 204 g/mol. The van der Waals surface area contributed by atoms with E-state index in [-0.39, 0.29) is 5.69 Å². The van der Waals surface area contributed by atoms with Gasteiger partial charge >= 0.3 is 5.69 Å². The number of imidazole rings is 1. The van der Waals surface area contributed by atoms with E-state index in [4.69, 9.17) is 0 Å². The van der Waals surface area contributed by atoms with Crippen molar-refractivity contribution in [2.24, 2.45) is 0 Å². The van der Waals surface area contributed by atoms with Gasteiger partial charge in [0.1, 0.15) is 0 Å². The van der Waals surface area contributed by atoms with Crippen LogP contribution in [0.3, 0.4) is 0 Å². The average molecular weight is 216 g/mol. The van der Waals surface area contributed by atoms with Gasteiger partial charge in [0.05, 0.1) is 18.6 Å². The molecule has 82 valence electrons. The minimum atomic E-state index is -0.217. The highest BCUT2D eigenvalue weighted by Gasteiger charge is 2.25. The van der Waals surface area contributed by atoms with E-state index in [2.05, 4.69) is 14.5 Å². The summed E-state index contributed by atoms with van der Waals surface area (Å²) >= 11 is 0. The van der Waals surface area contributed by atoms with Crippen molar-refractivity contribution in [3.63, 3.8) is 0 Å². The molecule has 5 nitrogen and oxygen atoms in total. The van der Waals surface area contributed by atoms with Crippen LogP contribution in [0.4, 0.5) is 0 Å². The Morgan fingerprint density at radius 3 is 3.06 bits per heavy atom. The molecular formula is C11H12N4O. The molecule has 0 N–H and O–H groups in total. The van der Waals surface area contributed by atoms with Crippen molar-refractivity contribution >= 4 is 0 Å². The Morgan fingerprint density at radius 1 is 1.44 bits per heavy atom. The van der Waals surface area contributed by atoms with Gasteiger partial charge in [0.15, 0.2) is 0 Å². The van der Waals surface area contributed by atoms with Crippen LogP contribution in [0.5, 0.6) is 0 Å². The maximum absolute atomic E-state index is 11.5. The normalized spacial score (nSPS) is 15.2. The quantitative estimate of drug-likeness (QED) is 0.763. The second kappa shape index (κ2) is 3.59. The molecule has 0 saturated heterocycles. The highest BCUT2D eigenvalue weighted by Crippen LogP contribution is 2.35. The van der Waals surface area contributed by atoms with E-state index in [0.29, 0.717) is 12.6 Å². The zero-order valence-corrected chi connectivity index (χ0v) is 8.78. The Hall–Kier alpha value is -1.91. The molecule has 1 aliphatic carbocycles. The van der Waals surface area contributed by atoms with Gasteiger partial charge in [0.25, 0.3) is 0 Å². The van der Waals surface area contributed by atoms with E-state index < -0.39 is 0 Å². The van der Waals surface area contributed by atoms with E-state index >= 15 is 0 Å². The van der Waals surface area contributed by atoms with E-state index in [0.717, 1.165) is 5.69 Å². The summed E-state index contributed by atoms with van der Waals surface area (Å²) in [7, 11) is 0. The molecule has 0 aromatic carbocycles. The van der Waals surface area contributed by atoms with Gasteiger partial charge in [0, 0.05) is 24.6 Å². The summed E-state index contributed by atoms with van der Waals surface area (Å²) in [5.41, 5.74) is 0.851. The fraction of sp³-hybridized carbons (Fsp3) is 0.364. The molecule has 16 heavy (non-hydrogen) atoms. The van der Waals surface area contributed by atoms with Crippen LogP contribution in [-0.2, 0) is 6.54 Å². The third-order valence-corrected chi connectivity index (χ3v) is 2.80. The monoisotopic (exact) mass is 216 g/mol. The molecule has 0 bridgehead atoms. The summed E-state index contributed by atoms with van der Waals surface area (Å²) in [5.74, 6) is 0. The fourth-order valence-corrected chi connectivity index (χ4v) is 1.82. The van der Waals surface area contributed by atoms with Crippen LogP contribution in [-0.4, -0.2) is 19.1 Å². The molecule has 0 aliphatic heterocycles. The molecule has 1 aliphatic rings. The second-order valence-electron chi connectivity index (χ2n) is 4.05. The number of rotatable bonds is 3. The molecule has 0 atom stereocenters. The average Bonchev–Trinajstić information content (AvgIpc) is 3.03. The molecule has 3 rings (SSSR count). The predicted octanol–water partition coefficient (Wildman–Crippen LogP) is 0.823. The van der Waals surface area contributed by atoms with Gasteiger partial charge in [-0.3, -0.25) is 4.57 Å². The van der Waals surface area contributed by atoms with Crippen LogP contribution in [0, 0.1) is 0 Å². The minimum Gasteiger partial charge on any atom is -0.330 e. The Morgan fingerprint density at radius 2 is 2.31 bits per heavy atom. The highest BCUT2D eigenvalue weighted by molar-refractivity contribution is 5.04. The van der Waals surface area contributed by atoms with E-state index in [9.17, 15) is 4.79 Å². The number of hydrogen-bond acceptors (Lipinski definition) is 3. The third-order valence-electron chi connectivity index (χ3n) is 2.80. The molecule has 0 unspecified atom stereocenters. The van der Waals surface area contributed by atoms with Gasteiger partial charge in [-0.05, 0) is 18.9 Å². The number of nitrogens with zero attached hydrogens (tertiary/aromatic N) is 4. The zero-order valence-electron chi connectivity index (χ0n) is 8.78. The molecule has 5 heteroatoms. The van der Waals surface area contributed by atoms with E-state index in [1.807, 2.05) is 12.5 Å². The first-order chi connectivity index (χ1) is 7.84. The zero-order chi connectivity index (χ0) is 11.0. The molecule has 1 fully saturated rings. The molecule has 0 spiro atoms. The Labute approximate surface area is 92.4 Å². The van der Waals surface area contributed by atoms with Gasteiger partial charge in [-0.15, -0.1) is 0 Å². The summed E-state index contributed by atoms with van der Waals surface area (Å²) in [4.78, 5) is 19.3. The first-order valence-electron chi connectivity index (χ1n) is 5.37. The van der Waals surface area contributed by atoms with Crippen molar-refractivity contribution in [1.29, 1.82) is 0 Å². The maximum Gasteiger partial charge on any atom is 0.347 e. The lowest BCUT2D eigenvalue weighted by Crippen LogP contribution is -2.22. The molecule has 0 amide bonds. The van der Waals surface area contributed by atoms with Gasteiger partial charge in [-0.1, -0.05) is 0 Å². The number of hydrogen-bond donors (Lipinski definition) is 0. The lowest BCUT2D eigenvalue weighted by atomic mass is 10.4. The van der Waals surface area contributed by atoms with Gasteiger partial charge in [-0.2, -0.15) is 0 Å². The second-order valence-corrected chi connectivity index (χ2v) is 4.05. The molecule has 0 radical (unpaired) electrons. The van der Waals surface area contributed by atoms with Crippen LogP contribution in [0.15, 0.2) is 35.8 Å². The molecule has 2 aromatic rings. The lowest BCUT2D eigenvalue weighted by Gasteiger charge is -2.07. The van der Waals surface area contributed by atoms with Crippen LogP contribution in [0.1, 0.15) is 24.6 Å². The van der Waals surface area contributed by atoms with Crippen molar-refractivity contribution in [3.8, 4) is 0 Å². The topological polar surface area (TPSA) is 52.7 Å². The van der Waals surface area contributed by atoms with Crippen LogP contribution < -0.4 is 5.69 Å². The van der Waals surface area contributed by atoms with Crippen molar-refractivity contribution in [3.05, 3.63) is 47.2 Å². The first kappa shape index (κ1) is 9.33. The summed E-state index contributed by atoms with van der Waals surface area (Å²) in [6.45, 7) is 0.545. The number of aromatic nitrogens is 4. The van der Waals surface area contributed by atoms with Crippen LogP contribution >= 0.6 is 0 Å². The third kappa shape index (κ3) is 1.64. The summed E-state index contributed by atoms with van der Waals surface area (Å²) < 4.78 is 3.75. The standard InChI is InChI=1S/C11H12N4O/c16-11-13-4-1-5-14(11)7-10-6-12-8-15(10)9-2-3-9/h1,4-6,8-9H,2-3,7H2. The maximum atomic E-state index is 11.5. The first-order valence-corrected chi connectivity index (χ1v) is 5.37. The Balaban J connectivity index is 1.91. The summed E-state index contributed by atoms with van der Waals surface area (Å²) in [6, 6.07) is 2.35. The Bertz CT molecular complexity index is 553. The van der Waals surface area contributed by atoms with Gasteiger partial charge < -0.3 is 4.57 Å². The largest absolute Gasteiger partial charge is 0.347 e. The SMILES string of the molecule is O=c1ncccn1Cc1cncn1C1CC1. The van der Waals surface area contributed by atoms with Gasteiger partial charge in [0.2, 0.25) is 0 Å². The smallest absolute Gasteiger partial charge is 0.330 e. The Kier molecular flexibility index (Phi) is 2.09. The summed E-state index contributed by atoms with van der Waals surface area (Å²) in [6.07, 6.45) is 9.35. The lowest BCUT2D eigenvalue weighted by molar-refractivity contribution is 0.635.